The molecule has 4 atom stereocenters. The number of hydrogen-bond acceptors (Lipinski definition) is 7. The molecular weight excluding hydrogens is 271 g/mol. The van der Waals surface area contributed by atoms with Crippen molar-refractivity contribution in [3.05, 3.63) is 10.4 Å². The first-order valence-electron chi connectivity index (χ1n) is 6.06. The Bertz CT molecular complexity index is 700. The molecule has 5 N–H and O–H groups in total. The maximum atomic E-state index is 14.1. The monoisotopic (exact) mass is 284 g/mol. The molecule has 1 fully saturated rings. The van der Waals surface area contributed by atoms with Crippen molar-refractivity contribution >= 4 is 17.1 Å². The van der Waals surface area contributed by atoms with Crippen molar-refractivity contribution in [1.29, 1.82) is 0 Å². The summed E-state index contributed by atoms with van der Waals surface area (Å²) in [6.07, 6.45) is -2.74. The number of nitrogens with one attached hydrogen (secondary N) is 1. The highest BCUT2D eigenvalue weighted by molar-refractivity contribution is 5.69. The van der Waals surface area contributed by atoms with Crippen LogP contribution in [0.3, 0.4) is 0 Å². The minimum atomic E-state index is -1.63. The van der Waals surface area contributed by atoms with Crippen LogP contribution in [0.15, 0.2) is 4.79 Å². The molecule has 1 aliphatic carbocycles. The highest BCUT2D eigenvalue weighted by Crippen LogP contribution is 2.37. The number of hydrogen-bond donors (Lipinski definition) is 4. The molecule has 1 saturated carbocycles. The summed E-state index contributed by atoms with van der Waals surface area (Å²) in [7, 11) is 0. The van der Waals surface area contributed by atoms with Gasteiger partial charge < -0.3 is 15.9 Å². The molecule has 3 rings (SSSR count). The largest absolute Gasteiger partial charge is 0.396 e. The van der Waals surface area contributed by atoms with E-state index in [1.54, 1.807) is 0 Å². The summed E-state index contributed by atoms with van der Waals surface area (Å²) in [6, 6.07) is -0.846. The van der Waals surface area contributed by atoms with Crippen molar-refractivity contribution in [2.24, 2.45) is 5.92 Å². The maximum Gasteiger partial charge on any atom is 0.282 e. The topological polar surface area (TPSA) is 143 Å². The number of nitrogens with zero attached hydrogens (tertiary/aromatic N) is 4. The Morgan fingerprint density at radius 1 is 1.55 bits per heavy atom. The van der Waals surface area contributed by atoms with E-state index in [9.17, 15) is 14.3 Å². The van der Waals surface area contributed by atoms with Crippen LogP contribution in [0.25, 0.3) is 11.2 Å². The van der Waals surface area contributed by atoms with Gasteiger partial charge in [0, 0.05) is 12.5 Å². The molecule has 0 unspecified atom stereocenters. The lowest BCUT2D eigenvalue weighted by Crippen LogP contribution is -2.27. The predicted octanol–water partition coefficient (Wildman–Crippen LogP) is -1.65. The van der Waals surface area contributed by atoms with Crippen molar-refractivity contribution in [2.45, 2.75) is 24.7 Å². The van der Waals surface area contributed by atoms with E-state index in [1.807, 2.05) is 0 Å². The minimum Gasteiger partial charge on any atom is -0.396 e. The molecule has 0 aromatic carbocycles. The SMILES string of the molecule is Nc1nc2c(nnn2[C@@H]2C[C@H](CO)[C@@H](O)[C@@H]2F)c(=O)[nH]1. The molecule has 2 heterocycles. The smallest absolute Gasteiger partial charge is 0.282 e. The van der Waals surface area contributed by atoms with Gasteiger partial charge in [0.15, 0.2) is 11.2 Å². The second-order valence-corrected chi connectivity index (χ2v) is 4.84. The van der Waals surface area contributed by atoms with E-state index in [-0.39, 0.29) is 30.1 Å². The first-order valence-corrected chi connectivity index (χ1v) is 6.06. The fourth-order valence-corrected chi connectivity index (χ4v) is 2.57. The zero-order valence-electron chi connectivity index (χ0n) is 10.3. The number of aromatic amines is 1. The number of nitrogen functional groups attached to an aromatic ring is 1. The number of rotatable bonds is 2. The summed E-state index contributed by atoms with van der Waals surface area (Å²) in [6.45, 7) is -0.332. The summed E-state index contributed by atoms with van der Waals surface area (Å²) in [4.78, 5) is 17.8. The van der Waals surface area contributed by atoms with Gasteiger partial charge in [0.2, 0.25) is 5.95 Å². The van der Waals surface area contributed by atoms with Crippen LogP contribution in [0.4, 0.5) is 10.3 Å². The van der Waals surface area contributed by atoms with Crippen LogP contribution in [0.2, 0.25) is 0 Å². The lowest BCUT2D eigenvalue weighted by atomic mass is 10.1. The standard InChI is InChI=1S/C10H13FN6O3/c11-5-4(1-3(2-18)7(5)19)17-8-6(15-16-17)9(20)14-10(12)13-8/h3-5,7,18-19H,1-2H2,(H3,12,13,14,20)/t3-,4-,5-,7-/m1/s1. The van der Waals surface area contributed by atoms with Crippen LogP contribution in [-0.2, 0) is 0 Å². The summed E-state index contributed by atoms with van der Waals surface area (Å²) < 4.78 is 15.3. The van der Waals surface area contributed by atoms with E-state index < -0.39 is 29.8 Å². The van der Waals surface area contributed by atoms with Crippen LogP contribution in [0.5, 0.6) is 0 Å². The number of halogens is 1. The highest BCUT2D eigenvalue weighted by Gasteiger charge is 2.44. The molecule has 2 aromatic rings. The van der Waals surface area contributed by atoms with E-state index in [2.05, 4.69) is 20.3 Å². The molecule has 10 heteroatoms. The Kier molecular flexibility index (Phi) is 2.91. The Morgan fingerprint density at radius 3 is 2.95 bits per heavy atom. The third kappa shape index (κ3) is 1.76. The molecule has 0 radical (unpaired) electrons. The second kappa shape index (κ2) is 4.49. The molecule has 0 aliphatic heterocycles. The van der Waals surface area contributed by atoms with E-state index in [4.69, 9.17) is 10.8 Å². The van der Waals surface area contributed by atoms with E-state index in [0.29, 0.717) is 0 Å². The zero-order chi connectivity index (χ0) is 14.4. The van der Waals surface area contributed by atoms with Gasteiger partial charge in [-0.25, -0.2) is 9.07 Å². The molecule has 0 saturated heterocycles. The van der Waals surface area contributed by atoms with Gasteiger partial charge in [-0.3, -0.25) is 9.78 Å². The summed E-state index contributed by atoms with van der Waals surface area (Å²) in [5, 5.41) is 26.2. The number of fused-ring (bicyclic) bond motifs is 1. The fraction of sp³-hybridized carbons (Fsp3) is 0.600. The minimum absolute atomic E-state index is 0.0478. The van der Waals surface area contributed by atoms with Crippen molar-refractivity contribution in [1.82, 2.24) is 25.0 Å². The van der Waals surface area contributed by atoms with Gasteiger partial charge in [-0.1, -0.05) is 5.21 Å². The van der Waals surface area contributed by atoms with Crippen molar-refractivity contribution < 1.29 is 14.6 Å². The van der Waals surface area contributed by atoms with Crippen LogP contribution < -0.4 is 11.3 Å². The third-order valence-electron chi connectivity index (χ3n) is 3.62. The molecule has 0 amide bonds. The van der Waals surface area contributed by atoms with Gasteiger partial charge >= 0.3 is 0 Å². The molecule has 9 nitrogen and oxygen atoms in total. The summed E-state index contributed by atoms with van der Waals surface area (Å²) in [5.41, 5.74) is 4.90. The second-order valence-electron chi connectivity index (χ2n) is 4.84. The highest BCUT2D eigenvalue weighted by atomic mass is 19.1. The van der Waals surface area contributed by atoms with E-state index in [0.717, 1.165) is 4.68 Å². The van der Waals surface area contributed by atoms with Gasteiger partial charge in [-0.15, -0.1) is 5.10 Å². The van der Waals surface area contributed by atoms with Gasteiger partial charge in [-0.2, -0.15) is 4.98 Å². The number of H-pyrrole nitrogens is 1. The zero-order valence-corrected chi connectivity index (χ0v) is 10.3. The number of aliphatic hydroxyl groups is 2. The van der Waals surface area contributed by atoms with E-state index in [1.165, 1.54) is 0 Å². The normalized spacial score (nSPS) is 30.1. The van der Waals surface area contributed by atoms with Gasteiger partial charge in [0.05, 0.1) is 12.1 Å². The Hall–Kier alpha value is -2.07. The summed E-state index contributed by atoms with van der Waals surface area (Å²) >= 11 is 0. The predicted molar refractivity (Wildman–Crippen MR) is 65.5 cm³/mol. The fourth-order valence-electron chi connectivity index (χ4n) is 2.57. The number of anilines is 1. The van der Waals surface area contributed by atoms with Crippen LogP contribution in [-0.4, -0.2) is 54.1 Å². The van der Waals surface area contributed by atoms with Crippen molar-refractivity contribution in [3.8, 4) is 0 Å². The maximum absolute atomic E-state index is 14.1. The lowest BCUT2D eigenvalue weighted by Gasteiger charge is -2.14. The van der Waals surface area contributed by atoms with Crippen LogP contribution in [0, 0.1) is 5.92 Å². The Labute approximate surface area is 111 Å². The summed E-state index contributed by atoms with van der Waals surface area (Å²) in [5.74, 6) is -0.715. The number of nitrogens with two attached hydrogens (primary N) is 1. The molecule has 0 spiro atoms. The molecule has 20 heavy (non-hydrogen) atoms. The average molecular weight is 284 g/mol. The molecule has 0 bridgehead atoms. The quantitative estimate of drug-likeness (QED) is 0.517. The third-order valence-corrected chi connectivity index (χ3v) is 3.62. The van der Waals surface area contributed by atoms with E-state index >= 15 is 0 Å². The van der Waals surface area contributed by atoms with Gasteiger partial charge in [-0.05, 0) is 6.42 Å². The first-order chi connectivity index (χ1) is 9.52. The van der Waals surface area contributed by atoms with Crippen molar-refractivity contribution in [3.63, 3.8) is 0 Å². The van der Waals surface area contributed by atoms with Crippen LogP contribution in [0.1, 0.15) is 12.5 Å². The van der Waals surface area contributed by atoms with Crippen molar-refractivity contribution in [2.75, 3.05) is 12.3 Å². The number of aliphatic hydroxyl groups excluding tert-OH is 2. The molecule has 1 aliphatic rings. The number of aromatic nitrogens is 5. The van der Waals surface area contributed by atoms with Crippen LogP contribution >= 0.6 is 0 Å². The molecular formula is C10H13FN6O3. The average Bonchev–Trinajstić information content (AvgIpc) is 2.93. The molecule has 108 valence electrons. The van der Waals surface area contributed by atoms with Gasteiger partial charge in [0.1, 0.15) is 6.17 Å². The number of alkyl halides is 1. The lowest BCUT2D eigenvalue weighted by molar-refractivity contribution is 0.0392. The molecule has 2 aromatic heterocycles. The first kappa shape index (κ1) is 12.9. The Morgan fingerprint density at radius 2 is 2.30 bits per heavy atom. The Balaban J connectivity index is 2.09. The van der Waals surface area contributed by atoms with Gasteiger partial charge in [0.25, 0.3) is 5.56 Å².